The molecule has 0 fully saturated rings. The van der Waals surface area contributed by atoms with Crippen LogP contribution in [0, 0.1) is 13.8 Å². The van der Waals surface area contributed by atoms with Crippen LogP contribution >= 0.6 is 0 Å². The molecule has 0 bridgehead atoms. The van der Waals surface area contributed by atoms with E-state index in [-0.39, 0.29) is 11.8 Å². The van der Waals surface area contributed by atoms with Gasteiger partial charge in [0.1, 0.15) is 11.5 Å². The molecule has 6 heteroatoms. The Bertz CT molecular complexity index is 1070. The highest BCUT2D eigenvalue weighted by Gasteiger charge is 2.16. The zero-order chi connectivity index (χ0) is 21.7. The van der Waals surface area contributed by atoms with E-state index in [1.807, 2.05) is 32.0 Å². The lowest BCUT2D eigenvalue weighted by molar-refractivity contribution is 0.102. The SMILES string of the molecule is COc1cc(OC)cc(C(=O)Nc2ccccc2C(=O)Nc2cccc(C)c2C)c1. The zero-order valence-corrected chi connectivity index (χ0v) is 17.4. The fourth-order valence-corrected chi connectivity index (χ4v) is 3.00. The van der Waals surface area contributed by atoms with E-state index in [0.717, 1.165) is 16.8 Å². The van der Waals surface area contributed by atoms with Crippen LogP contribution in [0.1, 0.15) is 31.8 Å². The Labute approximate surface area is 175 Å². The third kappa shape index (κ3) is 4.60. The van der Waals surface area contributed by atoms with Crippen LogP contribution in [-0.4, -0.2) is 26.0 Å². The van der Waals surface area contributed by atoms with Crippen LogP contribution in [-0.2, 0) is 0 Å². The number of nitrogens with one attached hydrogen (secondary N) is 2. The van der Waals surface area contributed by atoms with Crippen LogP contribution in [0.2, 0.25) is 0 Å². The third-order valence-corrected chi connectivity index (χ3v) is 4.89. The van der Waals surface area contributed by atoms with Gasteiger partial charge >= 0.3 is 0 Å². The molecule has 3 aromatic carbocycles. The average molecular weight is 404 g/mol. The molecular formula is C24H24N2O4. The molecule has 0 aliphatic heterocycles. The van der Waals surface area contributed by atoms with Crippen molar-refractivity contribution in [1.82, 2.24) is 0 Å². The van der Waals surface area contributed by atoms with Crippen LogP contribution in [0.5, 0.6) is 11.5 Å². The Balaban J connectivity index is 1.86. The van der Waals surface area contributed by atoms with Gasteiger partial charge in [0.25, 0.3) is 11.8 Å². The first-order valence-corrected chi connectivity index (χ1v) is 9.44. The molecule has 3 aromatic rings. The minimum Gasteiger partial charge on any atom is -0.497 e. The topological polar surface area (TPSA) is 76.7 Å². The predicted molar refractivity (Wildman–Crippen MR) is 118 cm³/mol. The number of anilines is 2. The molecule has 0 radical (unpaired) electrons. The van der Waals surface area contributed by atoms with E-state index in [1.165, 1.54) is 14.2 Å². The van der Waals surface area contributed by atoms with Gasteiger partial charge in [0.05, 0.1) is 25.5 Å². The Hall–Kier alpha value is -3.80. The van der Waals surface area contributed by atoms with Crippen LogP contribution in [0.25, 0.3) is 0 Å². The quantitative estimate of drug-likeness (QED) is 0.617. The van der Waals surface area contributed by atoms with Gasteiger partial charge in [-0.05, 0) is 55.3 Å². The minimum absolute atomic E-state index is 0.303. The summed E-state index contributed by atoms with van der Waals surface area (Å²) in [6.45, 7) is 3.94. The molecule has 0 heterocycles. The van der Waals surface area contributed by atoms with Gasteiger partial charge in [-0.25, -0.2) is 0 Å². The number of hydrogen-bond acceptors (Lipinski definition) is 4. The monoisotopic (exact) mass is 404 g/mol. The van der Waals surface area contributed by atoms with E-state index in [4.69, 9.17) is 9.47 Å². The van der Waals surface area contributed by atoms with Crippen LogP contribution in [0.15, 0.2) is 60.7 Å². The molecule has 0 saturated carbocycles. The Morgan fingerprint density at radius 1 is 0.733 bits per heavy atom. The molecule has 154 valence electrons. The van der Waals surface area contributed by atoms with Gasteiger partial charge in [-0.2, -0.15) is 0 Å². The molecule has 0 aromatic heterocycles. The maximum atomic E-state index is 12.9. The molecule has 0 atom stereocenters. The molecule has 3 rings (SSSR count). The van der Waals surface area contributed by atoms with E-state index < -0.39 is 0 Å². The molecule has 0 aliphatic rings. The maximum absolute atomic E-state index is 12.9. The van der Waals surface area contributed by atoms with Crippen molar-refractivity contribution >= 4 is 23.2 Å². The molecule has 2 N–H and O–H groups in total. The van der Waals surface area contributed by atoms with Crippen LogP contribution in [0.4, 0.5) is 11.4 Å². The van der Waals surface area contributed by atoms with E-state index >= 15 is 0 Å². The lowest BCUT2D eigenvalue weighted by atomic mass is 10.1. The highest BCUT2D eigenvalue weighted by atomic mass is 16.5. The third-order valence-electron chi connectivity index (χ3n) is 4.89. The summed E-state index contributed by atoms with van der Waals surface area (Å²) in [5.41, 5.74) is 3.94. The number of aryl methyl sites for hydroxylation is 1. The van der Waals surface area contributed by atoms with Crippen LogP contribution in [0.3, 0.4) is 0 Å². The highest BCUT2D eigenvalue weighted by molar-refractivity contribution is 6.12. The van der Waals surface area contributed by atoms with Crippen molar-refractivity contribution in [3.8, 4) is 11.5 Å². The average Bonchev–Trinajstić information content (AvgIpc) is 2.76. The number of carbonyl (C=O) groups is 2. The highest BCUT2D eigenvalue weighted by Crippen LogP contribution is 2.25. The van der Waals surface area contributed by atoms with Gasteiger partial charge in [-0.15, -0.1) is 0 Å². The van der Waals surface area contributed by atoms with Crippen molar-refractivity contribution in [1.29, 1.82) is 0 Å². The fraction of sp³-hybridized carbons (Fsp3) is 0.167. The maximum Gasteiger partial charge on any atom is 0.257 e. The summed E-state index contributed by atoms with van der Waals surface area (Å²) in [6.07, 6.45) is 0. The zero-order valence-electron chi connectivity index (χ0n) is 17.4. The van der Waals surface area contributed by atoms with Crippen LogP contribution < -0.4 is 20.1 Å². The molecule has 0 saturated heterocycles. The number of methoxy groups -OCH3 is 2. The van der Waals surface area contributed by atoms with Crippen molar-refractivity contribution in [3.05, 3.63) is 82.9 Å². The summed E-state index contributed by atoms with van der Waals surface area (Å²) in [4.78, 5) is 25.7. The fourth-order valence-electron chi connectivity index (χ4n) is 3.00. The molecule has 30 heavy (non-hydrogen) atoms. The Kier molecular flexibility index (Phi) is 6.37. The molecule has 6 nitrogen and oxygen atoms in total. The molecular weight excluding hydrogens is 380 g/mol. The lowest BCUT2D eigenvalue weighted by Crippen LogP contribution is -2.18. The number of hydrogen-bond donors (Lipinski definition) is 2. The number of benzene rings is 3. The first kappa shape index (κ1) is 20.9. The van der Waals surface area contributed by atoms with Crippen molar-refractivity contribution in [2.24, 2.45) is 0 Å². The number of carbonyl (C=O) groups excluding carboxylic acids is 2. The lowest BCUT2D eigenvalue weighted by Gasteiger charge is -2.14. The summed E-state index contributed by atoms with van der Waals surface area (Å²) >= 11 is 0. The van der Waals surface area contributed by atoms with E-state index in [2.05, 4.69) is 10.6 Å². The molecule has 2 amide bonds. The Morgan fingerprint density at radius 2 is 1.33 bits per heavy atom. The Morgan fingerprint density at radius 3 is 2.00 bits per heavy atom. The van der Waals surface area contributed by atoms with Crippen molar-refractivity contribution < 1.29 is 19.1 Å². The number of ether oxygens (including phenoxy) is 2. The van der Waals surface area contributed by atoms with Crippen molar-refractivity contribution in [3.63, 3.8) is 0 Å². The van der Waals surface area contributed by atoms with Gasteiger partial charge < -0.3 is 20.1 Å². The predicted octanol–water partition coefficient (Wildman–Crippen LogP) is 4.83. The second-order valence-electron chi connectivity index (χ2n) is 6.80. The first-order chi connectivity index (χ1) is 14.4. The van der Waals surface area contributed by atoms with Gasteiger partial charge in [-0.1, -0.05) is 24.3 Å². The van der Waals surface area contributed by atoms with E-state index in [9.17, 15) is 9.59 Å². The largest absolute Gasteiger partial charge is 0.497 e. The molecule has 0 unspecified atom stereocenters. The first-order valence-electron chi connectivity index (χ1n) is 9.44. The van der Waals surface area contributed by atoms with Gasteiger partial charge in [0.15, 0.2) is 0 Å². The van der Waals surface area contributed by atoms with Gasteiger partial charge in [-0.3, -0.25) is 9.59 Å². The van der Waals surface area contributed by atoms with Gasteiger partial charge in [0, 0.05) is 17.3 Å². The molecule has 0 aliphatic carbocycles. The smallest absolute Gasteiger partial charge is 0.257 e. The summed E-state index contributed by atoms with van der Waals surface area (Å²) in [5.74, 6) is 0.322. The summed E-state index contributed by atoms with van der Waals surface area (Å²) in [5, 5.41) is 5.74. The van der Waals surface area contributed by atoms with Crippen molar-refractivity contribution in [2.75, 3.05) is 24.9 Å². The normalized spacial score (nSPS) is 10.3. The summed E-state index contributed by atoms with van der Waals surface area (Å²) < 4.78 is 10.4. The number of amides is 2. The van der Waals surface area contributed by atoms with Crippen molar-refractivity contribution in [2.45, 2.75) is 13.8 Å². The second kappa shape index (κ2) is 9.13. The standard InChI is InChI=1S/C24H24N2O4/c1-15-8-7-11-21(16(15)2)25-24(28)20-9-5-6-10-22(20)26-23(27)17-12-18(29-3)14-19(13-17)30-4/h5-14H,1-4H3,(H,25,28)(H,26,27). The van der Waals surface area contributed by atoms with E-state index in [0.29, 0.717) is 28.3 Å². The van der Waals surface area contributed by atoms with Gasteiger partial charge in [0.2, 0.25) is 0 Å². The number of rotatable bonds is 6. The molecule has 0 spiro atoms. The summed E-state index contributed by atoms with van der Waals surface area (Å²) in [7, 11) is 3.03. The number of para-hydroxylation sites is 1. The second-order valence-corrected chi connectivity index (χ2v) is 6.80. The minimum atomic E-state index is -0.376. The van der Waals surface area contributed by atoms with E-state index in [1.54, 1.807) is 42.5 Å². The summed E-state index contributed by atoms with van der Waals surface area (Å²) in [6, 6.07) is 17.5.